The molecule has 48 heavy (non-hydrogen) atoms. The Morgan fingerprint density at radius 3 is 1.40 bits per heavy atom. The van der Waals surface area contributed by atoms with Crippen LogP contribution in [-0.4, -0.2) is 54.0 Å². The van der Waals surface area contributed by atoms with Crippen molar-refractivity contribution in [3.05, 3.63) is 109 Å². The highest BCUT2D eigenvalue weighted by Gasteiger charge is 2.46. The molecule has 2 aromatic carbocycles. The maximum Gasteiger partial charge on any atom is 0.218 e. The zero-order valence-electron chi connectivity index (χ0n) is 28.7. The Morgan fingerprint density at radius 2 is 0.875 bits per heavy atom. The van der Waals surface area contributed by atoms with E-state index < -0.39 is 11.2 Å². The topological polar surface area (TPSA) is 94.7 Å². The van der Waals surface area contributed by atoms with Crippen LogP contribution >= 0.6 is 0 Å². The molecule has 0 aliphatic carbocycles. The van der Waals surface area contributed by atoms with Gasteiger partial charge in [0.2, 0.25) is 11.8 Å². The van der Waals surface area contributed by atoms with Crippen LogP contribution in [0.5, 0.6) is 0 Å². The standard InChI is InChI=1S/C40H40N6O2/c1-37(2)39(5,6)47-35(45-37)30-18-28(21-41-23-30)33-20-32(27-16-14-26(15-17-27)25-12-10-9-11-13-25)43-34(44-33)29-19-31(24-42-22-29)36-46-38(3,4)40(7,8)48-36/h9-24H,1-8H3. The summed E-state index contributed by atoms with van der Waals surface area (Å²) in [5.74, 6) is 1.67. The number of rotatable bonds is 6. The van der Waals surface area contributed by atoms with E-state index in [0.717, 1.165) is 50.3 Å². The van der Waals surface area contributed by atoms with Gasteiger partial charge in [-0.25, -0.2) is 20.0 Å². The van der Waals surface area contributed by atoms with E-state index >= 15 is 0 Å². The van der Waals surface area contributed by atoms with Gasteiger partial charge in [-0.1, -0.05) is 54.6 Å². The fraction of sp³-hybridized carbons (Fsp3) is 0.300. The van der Waals surface area contributed by atoms with Crippen molar-refractivity contribution in [2.75, 3.05) is 0 Å². The zero-order valence-corrected chi connectivity index (χ0v) is 28.7. The van der Waals surface area contributed by atoms with Crippen LogP contribution in [0.4, 0.5) is 0 Å². The monoisotopic (exact) mass is 636 g/mol. The zero-order chi connectivity index (χ0) is 33.9. The molecule has 0 atom stereocenters. The molecule has 3 aromatic heterocycles. The van der Waals surface area contributed by atoms with E-state index in [4.69, 9.17) is 29.4 Å². The van der Waals surface area contributed by atoms with E-state index in [1.54, 1.807) is 18.6 Å². The predicted molar refractivity (Wildman–Crippen MR) is 191 cm³/mol. The summed E-state index contributed by atoms with van der Waals surface area (Å²) in [6, 6.07) is 24.8. The van der Waals surface area contributed by atoms with Crippen molar-refractivity contribution in [1.29, 1.82) is 0 Å². The molecule has 0 fully saturated rings. The highest BCUT2D eigenvalue weighted by atomic mass is 16.5. The van der Waals surface area contributed by atoms with Crippen molar-refractivity contribution < 1.29 is 9.47 Å². The SMILES string of the molecule is CC1(C)N=C(c2cncc(-c3cc(-c4ccc(-c5ccccc5)cc4)nc(-c4cncc(C5=NC(C)(C)C(C)(C)O5)c4)n3)c2)OC1(C)C. The van der Waals surface area contributed by atoms with Gasteiger partial charge in [-0.2, -0.15) is 0 Å². The second-order valence-corrected chi connectivity index (χ2v) is 14.5. The molecule has 0 unspecified atom stereocenters. The molecule has 0 N–H and O–H groups in total. The molecule has 8 nitrogen and oxygen atoms in total. The fourth-order valence-corrected chi connectivity index (χ4v) is 5.52. The molecule has 5 aromatic rings. The Hall–Kier alpha value is -5.24. The van der Waals surface area contributed by atoms with Crippen molar-refractivity contribution in [3.63, 3.8) is 0 Å². The lowest BCUT2D eigenvalue weighted by molar-refractivity contribution is 0.0618. The molecular weight excluding hydrogens is 596 g/mol. The molecule has 0 bridgehead atoms. The molecule has 0 saturated carbocycles. The van der Waals surface area contributed by atoms with Crippen LogP contribution in [0.25, 0.3) is 45.0 Å². The van der Waals surface area contributed by atoms with Gasteiger partial charge in [0.1, 0.15) is 11.2 Å². The van der Waals surface area contributed by atoms with Gasteiger partial charge in [0.15, 0.2) is 5.82 Å². The van der Waals surface area contributed by atoms with Crippen molar-refractivity contribution in [2.24, 2.45) is 9.98 Å². The van der Waals surface area contributed by atoms with Gasteiger partial charge in [0.05, 0.1) is 33.6 Å². The molecule has 242 valence electrons. The third kappa shape index (κ3) is 5.65. The summed E-state index contributed by atoms with van der Waals surface area (Å²) < 4.78 is 12.6. The second kappa shape index (κ2) is 11.2. The number of hydrogen-bond donors (Lipinski definition) is 0. The molecule has 0 spiro atoms. The summed E-state index contributed by atoms with van der Waals surface area (Å²) in [5.41, 5.74) is 6.23. The van der Waals surface area contributed by atoms with Crippen LogP contribution in [-0.2, 0) is 9.47 Å². The molecule has 5 heterocycles. The number of ether oxygens (including phenoxy) is 2. The Morgan fingerprint density at radius 1 is 0.438 bits per heavy atom. The molecule has 7 rings (SSSR count). The Bertz CT molecular complexity index is 1970. The summed E-state index contributed by atoms with van der Waals surface area (Å²) in [6.45, 7) is 16.5. The number of pyridine rings is 2. The summed E-state index contributed by atoms with van der Waals surface area (Å²) in [5, 5.41) is 0. The van der Waals surface area contributed by atoms with E-state index in [2.05, 4.69) is 102 Å². The molecule has 2 aliphatic heterocycles. The first-order valence-electron chi connectivity index (χ1n) is 16.3. The molecular formula is C40H40N6O2. The quantitative estimate of drug-likeness (QED) is 0.185. The predicted octanol–water partition coefficient (Wildman–Crippen LogP) is 8.60. The van der Waals surface area contributed by atoms with E-state index in [1.165, 1.54) is 0 Å². The first-order chi connectivity index (χ1) is 22.7. The van der Waals surface area contributed by atoms with Crippen LogP contribution in [0.2, 0.25) is 0 Å². The van der Waals surface area contributed by atoms with Crippen LogP contribution < -0.4 is 0 Å². The Labute approximate surface area is 282 Å². The van der Waals surface area contributed by atoms with E-state index in [0.29, 0.717) is 17.6 Å². The minimum Gasteiger partial charge on any atom is -0.469 e. The maximum atomic E-state index is 6.31. The van der Waals surface area contributed by atoms with Gasteiger partial charge >= 0.3 is 0 Å². The van der Waals surface area contributed by atoms with Crippen molar-refractivity contribution in [1.82, 2.24) is 19.9 Å². The summed E-state index contributed by atoms with van der Waals surface area (Å²) in [4.78, 5) is 29.1. The van der Waals surface area contributed by atoms with E-state index in [-0.39, 0.29) is 11.1 Å². The third-order valence-corrected chi connectivity index (χ3v) is 9.95. The van der Waals surface area contributed by atoms with Gasteiger partial charge in [0.25, 0.3) is 0 Å². The summed E-state index contributed by atoms with van der Waals surface area (Å²) in [6.07, 6.45) is 7.13. The lowest BCUT2D eigenvalue weighted by Gasteiger charge is -2.30. The van der Waals surface area contributed by atoms with Crippen LogP contribution in [0.15, 0.2) is 108 Å². The minimum absolute atomic E-state index is 0.380. The number of aromatic nitrogens is 4. The maximum absolute atomic E-state index is 6.31. The molecule has 0 amide bonds. The highest BCUT2D eigenvalue weighted by Crippen LogP contribution is 2.38. The van der Waals surface area contributed by atoms with Gasteiger partial charge in [-0.15, -0.1) is 0 Å². The van der Waals surface area contributed by atoms with Crippen LogP contribution in [0.1, 0.15) is 66.5 Å². The van der Waals surface area contributed by atoms with Crippen molar-refractivity contribution in [3.8, 4) is 45.0 Å². The largest absolute Gasteiger partial charge is 0.469 e. The van der Waals surface area contributed by atoms with Gasteiger partial charge in [-0.05, 0) is 84.7 Å². The highest BCUT2D eigenvalue weighted by molar-refractivity contribution is 5.97. The Kier molecular flexibility index (Phi) is 7.31. The first kappa shape index (κ1) is 31.4. The van der Waals surface area contributed by atoms with Crippen molar-refractivity contribution >= 4 is 11.8 Å². The van der Waals surface area contributed by atoms with Gasteiger partial charge < -0.3 is 9.47 Å². The summed E-state index contributed by atoms with van der Waals surface area (Å²) in [7, 11) is 0. The molecule has 8 heteroatoms. The average molecular weight is 637 g/mol. The number of benzene rings is 2. The minimum atomic E-state index is -0.455. The van der Waals surface area contributed by atoms with E-state index in [9.17, 15) is 0 Å². The number of hydrogen-bond acceptors (Lipinski definition) is 8. The molecule has 2 aliphatic rings. The molecule has 0 saturated heterocycles. The van der Waals surface area contributed by atoms with Crippen LogP contribution in [0, 0.1) is 0 Å². The lowest BCUT2D eigenvalue weighted by Crippen LogP contribution is -2.41. The van der Waals surface area contributed by atoms with Gasteiger partial charge in [0, 0.05) is 41.5 Å². The second-order valence-electron chi connectivity index (χ2n) is 14.5. The third-order valence-electron chi connectivity index (χ3n) is 9.95. The Balaban J connectivity index is 1.32. The molecule has 0 radical (unpaired) electrons. The summed E-state index contributed by atoms with van der Waals surface area (Å²) >= 11 is 0. The average Bonchev–Trinajstić information content (AvgIpc) is 3.44. The normalized spacial score (nSPS) is 18.4. The van der Waals surface area contributed by atoms with E-state index in [1.807, 2.05) is 42.6 Å². The smallest absolute Gasteiger partial charge is 0.218 e. The number of nitrogens with zero attached hydrogens (tertiary/aromatic N) is 6. The fourth-order valence-electron chi connectivity index (χ4n) is 5.52. The first-order valence-corrected chi connectivity index (χ1v) is 16.3. The van der Waals surface area contributed by atoms with Crippen molar-refractivity contribution in [2.45, 2.75) is 77.7 Å². The lowest BCUT2D eigenvalue weighted by atomic mass is 9.87. The number of aliphatic imine (C=N–C) groups is 2. The van der Waals surface area contributed by atoms with Crippen LogP contribution in [0.3, 0.4) is 0 Å². The van der Waals surface area contributed by atoms with Gasteiger partial charge in [-0.3, -0.25) is 9.97 Å².